The van der Waals surface area contributed by atoms with Crippen molar-refractivity contribution >= 4 is 23.4 Å². The van der Waals surface area contributed by atoms with Crippen LogP contribution in [0.25, 0.3) is 0 Å². The van der Waals surface area contributed by atoms with Crippen molar-refractivity contribution in [1.29, 1.82) is 5.26 Å². The summed E-state index contributed by atoms with van der Waals surface area (Å²) in [5, 5.41) is 22.2. The van der Waals surface area contributed by atoms with Crippen molar-refractivity contribution < 1.29 is 14.6 Å². The van der Waals surface area contributed by atoms with Crippen LogP contribution in [0.4, 0.5) is 17.2 Å². The molecular formula is C19H13N5O3. The molecule has 1 aliphatic heterocycles. The Morgan fingerprint density at radius 3 is 2.93 bits per heavy atom. The molecule has 0 unspecified atom stereocenters. The molecule has 2 heterocycles. The first kappa shape index (κ1) is 16.4. The average molecular weight is 359 g/mol. The summed E-state index contributed by atoms with van der Waals surface area (Å²) in [5.41, 5.74) is 2.23. The van der Waals surface area contributed by atoms with Crippen LogP contribution in [-0.2, 0) is 0 Å². The molecule has 0 atom stereocenters. The fraction of sp³-hybridized carbons (Fsp3) is 0.0526. The van der Waals surface area contributed by atoms with Gasteiger partial charge in [-0.3, -0.25) is 0 Å². The van der Waals surface area contributed by atoms with Crippen LogP contribution in [-0.4, -0.2) is 28.4 Å². The van der Waals surface area contributed by atoms with E-state index >= 15 is 0 Å². The molecule has 8 heteroatoms. The van der Waals surface area contributed by atoms with Crippen LogP contribution in [0.1, 0.15) is 11.1 Å². The summed E-state index contributed by atoms with van der Waals surface area (Å²) in [6.45, 7) is 0. The average Bonchev–Trinajstić information content (AvgIpc) is 2.86. The smallest absolute Gasteiger partial charge is 0.250 e. The third-order valence-corrected chi connectivity index (χ3v) is 3.89. The Balaban J connectivity index is 1.74. The Morgan fingerprint density at radius 1 is 1.22 bits per heavy atom. The lowest BCUT2D eigenvalue weighted by Crippen LogP contribution is -1.97. The minimum atomic E-state index is -0.0474. The summed E-state index contributed by atoms with van der Waals surface area (Å²) >= 11 is 0. The predicted octanol–water partition coefficient (Wildman–Crippen LogP) is 3.66. The van der Waals surface area contributed by atoms with Crippen molar-refractivity contribution in [3.8, 4) is 29.2 Å². The van der Waals surface area contributed by atoms with Crippen LogP contribution in [0.2, 0.25) is 0 Å². The molecule has 0 radical (unpaired) electrons. The highest BCUT2D eigenvalue weighted by Crippen LogP contribution is 2.42. The number of phenolic OH excluding ortho intramolecular Hbond substituents is 1. The second-order valence-electron chi connectivity index (χ2n) is 5.62. The second-order valence-corrected chi connectivity index (χ2v) is 5.62. The first-order valence-electron chi connectivity index (χ1n) is 7.93. The number of methoxy groups -OCH3 is 1. The molecule has 4 rings (SSSR count). The van der Waals surface area contributed by atoms with E-state index in [2.05, 4.69) is 26.3 Å². The number of rotatable bonds is 3. The minimum Gasteiger partial charge on any atom is -0.504 e. The number of nitrogens with one attached hydrogen (secondary N) is 1. The molecule has 132 valence electrons. The maximum absolute atomic E-state index is 9.98. The molecule has 8 nitrogen and oxygen atoms in total. The number of fused-ring (bicyclic) bond motifs is 2. The Morgan fingerprint density at radius 2 is 2.11 bits per heavy atom. The van der Waals surface area contributed by atoms with Crippen molar-refractivity contribution in [3.05, 3.63) is 53.9 Å². The first-order valence-corrected chi connectivity index (χ1v) is 7.93. The van der Waals surface area contributed by atoms with Gasteiger partial charge < -0.3 is 19.9 Å². The van der Waals surface area contributed by atoms with Gasteiger partial charge in [-0.15, -0.1) is 0 Å². The molecule has 2 aromatic carbocycles. The van der Waals surface area contributed by atoms with E-state index in [1.807, 2.05) is 6.07 Å². The van der Waals surface area contributed by atoms with Gasteiger partial charge in [-0.1, -0.05) is 6.07 Å². The fourth-order valence-corrected chi connectivity index (χ4v) is 2.60. The fourth-order valence-electron chi connectivity index (χ4n) is 2.60. The zero-order valence-electron chi connectivity index (χ0n) is 14.2. The highest BCUT2D eigenvalue weighted by Gasteiger charge is 2.19. The summed E-state index contributed by atoms with van der Waals surface area (Å²) in [6, 6.07) is 12.2. The number of ether oxygens (including phenoxy) is 2. The number of phenols is 1. The largest absolute Gasteiger partial charge is 0.504 e. The molecule has 1 aliphatic rings. The quantitative estimate of drug-likeness (QED) is 0.574. The van der Waals surface area contributed by atoms with Crippen molar-refractivity contribution in [3.63, 3.8) is 0 Å². The number of hydrogen-bond donors (Lipinski definition) is 2. The number of aliphatic imine (C=N–C) groups is 1. The molecule has 0 aliphatic carbocycles. The van der Waals surface area contributed by atoms with E-state index in [0.29, 0.717) is 39.8 Å². The molecule has 3 aromatic rings. The monoisotopic (exact) mass is 359 g/mol. The summed E-state index contributed by atoms with van der Waals surface area (Å²) in [5.74, 6) is 1.33. The van der Waals surface area contributed by atoms with E-state index in [1.165, 1.54) is 19.5 Å². The van der Waals surface area contributed by atoms with Gasteiger partial charge >= 0.3 is 0 Å². The molecule has 0 fully saturated rings. The summed E-state index contributed by atoms with van der Waals surface area (Å²) in [4.78, 5) is 12.8. The number of nitriles is 1. The van der Waals surface area contributed by atoms with Gasteiger partial charge in [0.25, 0.3) is 5.88 Å². The zero-order valence-corrected chi connectivity index (χ0v) is 14.2. The van der Waals surface area contributed by atoms with Gasteiger partial charge in [-0.25, -0.2) is 9.98 Å². The Kier molecular flexibility index (Phi) is 4.03. The first-order chi connectivity index (χ1) is 13.2. The third-order valence-electron chi connectivity index (χ3n) is 3.89. The minimum absolute atomic E-state index is 0.0474. The second kappa shape index (κ2) is 6.65. The summed E-state index contributed by atoms with van der Waals surface area (Å²) < 4.78 is 10.9. The van der Waals surface area contributed by atoms with E-state index in [9.17, 15) is 5.11 Å². The lowest BCUT2D eigenvalue weighted by atomic mass is 10.2. The van der Waals surface area contributed by atoms with Gasteiger partial charge in [-0.05, 0) is 24.3 Å². The van der Waals surface area contributed by atoms with E-state index in [0.717, 1.165) is 0 Å². The van der Waals surface area contributed by atoms with Crippen LogP contribution in [0.3, 0.4) is 0 Å². The molecule has 0 spiro atoms. The van der Waals surface area contributed by atoms with Crippen molar-refractivity contribution in [2.75, 3.05) is 12.4 Å². The highest BCUT2D eigenvalue weighted by atomic mass is 16.5. The van der Waals surface area contributed by atoms with Crippen LogP contribution in [0.15, 0.2) is 47.7 Å². The number of aromatic hydroxyl groups is 1. The van der Waals surface area contributed by atoms with Gasteiger partial charge in [0.1, 0.15) is 12.1 Å². The molecule has 0 amide bonds. The number of benzene rings is 2. The van der Waals surface area contributed by atoms with Gasteiger partial charge in [0.05, 0.1) is 18.7 Å². The molecule has 1 aromatic heterocycles. The maximum Gasteiger partial charge on any atom is 0.250 e. The van der Waals surface area contributed by atoms with Gasteiger partial charge in [0.2, 0.25) is 0 Å². The third kappa shape index (κ3) is 3.09. The summed E-state index contributed by atoms with van der Waals surface area (Å²) in [6.07, 6.45) is 2.93. The SMILES string of the molecule is COc1cc2c(cc1O)Oc1ncnc(Nc3cccc(C#N)c3)c1N=C2. The highest BCUT2D eigenvalue weighted by molar-refractivity contribution is 5.90. The number of hydrogen-bond acceptors (Lipinski definition) is 8. The van der Waals surface area contributed by atoms with Crippen LogP contribution in [0, 0.1) is 11.3 Å². The number of aromatic nitrogens is 2. The molecule has 0 saturated heterocycles. The number of nitrogens with zero attached hydrogens (tertiary/aromatic N) is 4. The van der Waals surface area contributed by atoms with Crippen LogP contribution in [0.5, 0.6) is 23.1 Å². The topological polar surface area (TPSA) is 113 Å². The predicted molar refractivity (Wildman–Crippen MR) is 98.5 cm³/mol. The molecule has 27 heavy (non-hydrogen) atoms. The van der Waals surface area contributed by atoms with Crippen LogP contribution >= 0.6 is 0 Å². The van der Waals surface area contributed by atoms with E-state index in [4.69, 9.17) is 14.7 Å². The van der Waals surface area contributed by atoms with E-state index in [-0.39, 0.29) is 11.6 Å². The summed E-state index contributed by atoms with van der Waals surface area (Å²) in [7, 11) is 1.47. The van der Waals surface area contributed by atoms with Gasteiger partial charge in [0.15, 0.2) is 23.0 Å². The van der Waals surface area contributed by atoms with Crippen molar-refractivity contribution in [1.82, 2.24) is 9.97 Å². The Bertz CT molecular complexity index is 1100. The van der Waals surface area contributed by atoms with Gasteiger partial charge in [-0.2, -0.15) is 10.2 Å². The van der Waals surface area contributed by atoms with E-state index < -0.39 is 0 Å². The molecule has 2 N–H and O–H groups in total. The van der Waals surface area contributed by atoms with Crippen molar-refractivity contribution in [2.24, 2.45) is 4.99 Å². The van der Waals surface area contributed by atoms with Gasteiger partial charge in [0, 0.05) is 23.5 Å². The van der Waals surface area contributed by atoms with Crippen molar-refractivity contribution in [2.45, 2.75) is 0 Å². The van der Waals surface area contributed by atoms with E-state index in [1.54, 1.807) is 30.5 Å². The standard InChI is InChI=1S/C19H13N5O3/c1-26-16-6-12-9-21-17-18(24-13-4-2-3-11(5-13)8-20)22-10-23-19(17)27-15(12)7-14(16)25/h2-7,9-10,25H,1H3,(H,22,23,24). The lowest BCUT2D eigenvalue weighted by molar-refractivity contribution is 0.369. The van der Waals surface area contributed by atoms with Crippen LogP contribution < -0.4 is 14.8 Å². The molecular weight excluding hydrogens is 346 g/mol. The maximum atomic E-state index is 9.98. The molecule has 0 bridgehead atoms. The Hall–Kier alpha value is -4.12. The zero-order chi connectivity index (χ0) is 18.8. The number of anilines is 2. The lowest BCUT2D eigenvalue weighted by Gasteiger charge is -2.11. The molecule has 0 saturated carbocycles. The normalized spacial score (nSPS) is 11.4. The Labute approximate surface area is 154 Å².